The molecular formula is C14H18O4S. The maximum atomic E-state index is 11.2. The van der Waals surface area contributed by atoms with E-state index in [0.717, 1.165) is 17.7 Å². The molecule has 0 aliphatic carbocycles. The predicted molar refractivity (Wildman–Crippen MR) is 73.7 cm³/mol. The Kier molecular flexibility index (Phi) is 5.10. The molecule has 0 spiro atoms. The van der Waals surface area contributed by atoms with Crippen LogP contribution in [0.1, 0.15) is 25.0 Å². The van der Waals surface area contributed by atoms with Gasteiger partial charge in [-0.05, 0) is 37.1 Å². The fraction of sp³-hybridized carbons (Fsp3) is 0.500. The van der Waals surface area contributed by atoms with Crippen molar-refractivity contribution in [2.45, 2.75) is 24.3 Å². The van der Waals surface area contributed by atoms with E-state index in [4.69, 9.17) is 14.2 Å². The van der Waals surface area contributed by atoms with Crippen molar-refractivity contribution in [3.63, 3.8) is 0 Å². The second-order valence-corrected chi connectivity index (χ2v) is 5.29. The highest BCUT2D eigenvalue weighted by atomic mass is 32.2. The zero-order valence-electron chi connectivity index (χ0n) is 11.2. The van der Waals surface area contributed by atoms with Crippen molar-refractivity contribution in [1.82, 2.24) is 0 Å². The van der Waals surface area contributed by atoms with Gasteiger partial charge < -0.3 is 14.2 Å². The summed E-state index contributed by atoms with van der Waals surface area (Å²) in [5, 5.41) is 0. The summed E-state index contributed by atoms with van der Waals surface area (Å²) in [6, 6.07) is 5.85. The summed E-state index contributed by atoms with van der Waals surface area (Å²) >= 11 is 1.82. The zero-order chi connectivity index (χ0) is 13.7. The quantitative estimate of drug-likeness (QED) is 0.777. The molecule has 1 aliphatic rings. The van der Waals surface area contributed by atoms with Gasteiger partial charge in [-0.15, -0.1) is 11.8 Å². The minimum Gasteiger partial charge on any atom is -0.482 e. The van der Waals surface area contributed by atoms with Gasteiger partial charge >= 0.3 is 5.97 Å². The average molecular weight is 282 g/mol. The van der Waals surface area contributed by atoms with Crippen LogP contribution in [0, 0.1) is 0 Å². The van der Waals surface area contributed by atoms with Crippen molar-refractivity contribution in [3.8, 4) is 5.75 Å². The van der Waals surface area contributed by atoms with E-state index in [0.29, 0.717) is 12.4 Å². The van der Waals surface area contributed by atoms with Crippen molar-refractivity contribution >= 4 is 17.7 Å². The molecule has 1 aliphatic heterocycles. The van der Waals surface area contributed by atoms with Crippen LogP contribution in [-0.2, 0) is 14.3 Å². The topological polar surface area (TPSA) is 44.8 Å². The average Bonchev–Trinajstić information content (AvgIpc) is 2.44. The Bertz CT molecular complexity index is 447. The highest BCUT2D eigenvalue weighted by Gasteiger charge is 2.21. The number of carbonyl (C=O) groups excluding carboxylic acids is 1. The Balaban J connectivity index is 2.05. The summed E-state index contributed by atoms with van der Waals surface area (Å²) in [5.74, 6) is 1.39. The first-order chi connectivity index (χ1) is 9.24. The first-order valence-electron chi connectivity index (χ1n) is 6.32. The molecule has 0 fully saturated rings. The van der Waals surface area contributed by atoms with Crippen LogP contribution >= 0.6 is 11.8 Å². The van der Waals surface area contributed by atoms with Gasteiger partial charge in [0, 0.05) is 17.8 Å². The molecule has 0 saturated carbocycles. The smallest absolute Gasteiger partial charge is 0.344 e. The van der Waals surface area contributed by atoms with Gasteiger partial charge in [-0.2, -0.15) is 0 Å². The first-order valence-corrected chi connectivity index (χ1v) is 7.31. The number of rotatable bonds is 5. The number of thioether (sulfide) groups is 1. The third-order valence-electron chi connectivity index (χ3n) is 2.91. The highest BCUT2D eigenvalue weighted by Crippen LogP contribution is 2.39. The third-order valence-corrected chi connectivity index (χ3v) is 4.03. The van der Waals surface area contributed by atoms with Crippen LogP contribution in [-0.4, -0.2) is 32.0 Å². The summed E-state index contributed by atoms with van der Waals surface area (Å²) < 4.78 is 15.7. The molecule has 1 aromatic rings. The van der Waals surface area contributed by atoms with E-state index in [9.17, 15) is 4.79 Å². The fourth-order valence-electron chi connectivity index (χ4n) is 2.02. The molecule has 0 aromatic heterocycles. The van der Waals surface area contributed by atoms with Gasteiger partial charge in [-0.1, -0.05) is 0 Å². The lowest BCUT2D eigenvalue weighted by Gasteiger charge is -2.24. The Morgan fingerprint density at radius 1 is 1.47 bits per heavy atom. The van der Waals surface area contributed by atoms with Gasteiger partial charge in [-0.3, -0.25) is 0 Å². The third kappa shape index (κ3) is 3.64. The van der Waals surface area contributed by atoms with Gasteiger partial charge in [0.25, 0.3) is 0 Å². The molecule has 0 amide bonds. The molecule has 0 saturated heterocycles. The number of benzene rings is 1. The number of ether oxygens (including phenoxy) is 3. The minimum absolute atomic E-state index is 0.0581. The summed E-state index contributed by atoms with van der Waals surface area (Å²) in [7, 11) is 1.72. The molecule has 1 unspecified atom stereocenters. The fourth-order valence-corrected chi connectivity index (χ4v) is 3.09. The second-order valence-electron chi connectivity index (χ2n) is 4.15. The van der Waals surface area contributed by atoms with E-state index in [-0.39, 0.29) is 18.7 Å². The largest absolute Gasteiger partial charge is 0.482 e. The van der Waals surface area contributed by atoms with Crippen LogP contribution in [0.15, 0.2) is 23.1 Å². The lowest BCUT2D eigenvalue weighted by Crippen LogP contribution is -2.15. The van der Waals surface area contributed by atoms with E-state index in [1.807, 2.05) is 30.0 Å². The standard InChI is InChI=1S/C14H18O4S/c1-3-17-14(15)9-18-10-4-5-13-11(8-10)12(16-2)6-7-19-13/h4-5,8,12H,3,6-7,9H2,1-2H3. The Labute approximate surface area is 117 Å². The van der Waals surface area contributed by atoms with E-state index in [2.05, 4.69) is 0 Å². The van der Waals surface area contributed by atoms with Gasteiger partial charge in [0.2, 0.25) is 0 Å². The highest BCUT2D eigenvalue weighted by molar-refractivity contribution is 7.99. The van der Waals surface area contributed by atoms with Crippen LogP contribution in [0.25, 0.3) is 0 Å². The van der Waals surface area contributed by atoms with Crippen LogP contribution in [0.4, 0.5) is 0 Å². The van der Waals surface area contributed by atoms with Crippen molar-refractivity contribution in [3.05, 3.63) is 23.8 Å². The number of carbonyl (C=O) groups is 1. The predicted octanol–water partition coefficient (Wildman–Crippen LogP) is 2.81. The molecule has 0 radical (unpaired) electrons. The van der Waals surface area contributed by atoms with Crippen LogP contribution in [0.3, 0.4) is 0 Å². The number of fused-ring (bicyclic) bond motifs is 1. The van der Waals surface area contributed by atoms with Gasteiger partial charge in [0.05, 0.1) is 12.7 Å². The van der Waals surface area contributed by atoms with E-state index in [1.54, 1.807) is 14.0 Å². The van der Waals surface area contributed by atoms with Crippen molar-refractivity contribution < 1.29 is 19.0 Å². The van der Waals surface area contributed by atoms with E-state index in [1.165, 1.54) is 4.90 Å². The van der Waals surface area contributed by atoms with Crippen LogP contribution in [0.2, 0.25) is 0 Å². The summed E-state index contributed by atoms with van der Waals surface area (Å²) in [6.45, 7) is 2.09. The molecule has 19 heavy (non-hydrogen) atoms. The summed E-state index contributed by atoms with van der Waals surface area (Å²) in [4.78, 5) is 12.5. The second kappa shape index (κ2) is 6.82. The van der Waals surface area contributed by atoms with Crippen LogP contribution in [0.5, 0.6) is 5.75 Å². The summed E-state index contributed by atoms with van der Waals surface area (Å²) in [6.07, 6.45) is 1.11. The molecule has 1 heterocycles. The Morgan fingerprint density at radius 3 is 3.05 bits per heavy atom. The van der Waals surface area contributed by atoms with Crippen molar-refractivity contribution in [2.75, 3.05) is 26.1 Å². The maximum Gasteiger partial charge on any atom is 0.344 e. The minimum atomic E-state index is -0.349. The van der Waals surface area contributed by atoms with Crippen LogP contribution < -0.4 is 4.74 Å². The number of hydrogen-bond acceptors (Lipinski definition) is 5. The molecule has 1 aromatic carbocycles. The number of esters is 1. The zero-order valence-corrected chi connectivity index (χ0v) is 12.0. The SMILES string of the molecule is CCOC(=O)COc1ccc2c(c1)C(OC)CCS2. The first kappa shape index (κ1) is 14.2. The van der Waals surface area contributed by atoms with Gasteiger partial charge in [0.15, 0.2) is 6.61 Å². The maximum absolute atomic E-state index is 11.2. The molecule has 2 rings (SSSR count). The van der Waals surface area contributed by atoms with Gasteiger partial charge in [0.1, 0.15) is 5.75 Å². The number of methoxy groups -OCH3 is 1. The molecule has 4 nitrogen and oxygen atoms in total. The monoisotopic (exact) mass is 282 g/mol. The van der Waals surface area contributed by atoms with Gasteiger partial charge in [-0.25, -0.2) is 4.79 Å². The molecule has 5 heteroatoms. The van der Waals surface area contributed by atoms with Crippen molar-refractivity contribution in [2.24, 2.45) is 0 Å². The number of hydrogen-bond donors (Lipinski definition) is 0. The molecule has 104 valence electrons. The Morgan fingerprint density at radius 2 is 2.32 bits per heavy atom. The van der Waals surface area contributed by atoms with Crippen molar-refractivity contribution in [1.29, 1.82) is 0 Å². The lowest BCUT2D eigenvalue weighted by molar-refractivity contribution is -0.145. The summed E-state index contributed by atoms with van der Waals surface area (Å²) in [5.41, 5.74) is 1.14. The molecule has 0 N–H and O–H groups in total. The Hall–Kier alpha value is -1.20. The normalized spacial score (nSPS) is 17.7. The van der Waals surface area contributed by atoms with E-state index >= 15 is 0 Å². The molecular weight excluding hydrogens is 264 g/mol. The lowest BCUT2D eigenvalue weighted by atomic mass is 10.1. The molecule has 0 bridgehead atoms. The molecule has 1 atom stereocenters. The van der Waals surface area contributed by atoms with E-state index < -0.39 is 0 Å².